The van der Waals surface area contributed by atoms with Crippen LogP contribution in [0.3, 0.4) is 0 Å². The highest BCUT2D eigenvalue weighted by Crippen LogP contribution is 2.26. The smallest absolute Gasteiger partial charge is 0.338 e. The van der Waals surface area contributed by atoms with Gasteiger partial charge in [-0.3, -0.25) is 4.79 Å². The van der Waals surface area contributed by atoms with E-state index in [1.807, 2.05) is 31.2 Å². The Morgan fingerprint density at radius 3 is 2.57 bits per heavy atom. The number of carbonyl (C=O) groups is 2. The van der Waals surface area contributed by atoms with Gasteiger partial charge in [0.2, 0.25) is 0 Å². The summed E-state index contributed by atoms with van der Waals surface area (Å²) >= 11 is 0. The van der Waals surface area contributed by atoms with E-state index in [0.717, 1.165) is 11.8 Å². The van der Waals surface area contributed by atoms with E-state index in [1.165, 1.54) is 0 Å². The summed E-state index contributed by atoms with van der Waals surface area (Å²) in [5, 5.41) is 3.62. The van der Waals surface area contributed by atoms with Gasteiger partial charge in [0, 0.05) is 11.1 Å². The Hall–Kier alpha value is -3.93. The Morgan fingerprint density at radius 2 is 1.83 bits per heavy atom. The minimum atomic E-state index is -0.377. The summed E-state index contributed by atoms with van der Waals surface area (Å²) in [4.78, 5) is 29.6. The van der Waals surface area contributed by atoms with Crippen LogP contribution in [0.4, 0.5) is 5.69 Å². The number of anilines is 1. The lowest BCUT2D eigenvalue weighted by molar-refractivity contribution is 0.0505. The Labute approximate surface area is 173 Å². The van der Waals surface area contributed by atoms with Crippen molar-refractivity contribution in [3.8, 4) is 11.5 Å². The molecule has 1 N–H and O–H groups in total. The normalized spacial score (nSPS) is 10.7. The first-order chi connectivity index (χ1) is 14.7. The van der Waals surface area contributed by atoms with Crippen LogP contribution < -0.4 is 5.32 Å². The first-order valence-electron chi connectivity index (χ1n) is 9.68. The summed E-state index contributed by atoms with van der Waals surface area (Å²) in [6.07, 6.45) is 2.33. The summed E-state index contributed by atoms with van der Waals surface area (Å²) in [5.41, 5.74) is 2.78. The minimum Gasteiger partial charge on any atom is -0.463 e. The molecule has 2 heterocycles. The number of rotatable bonds is 6. The molecule has 0 saturated carbocycles. The van der Waals surface area contributed by atoms with Crippen LogP contribution in [-0.2, 0) is 4.74 Å². The lowest BCUT2D eigenvalue weighted by Crippen LogP contribution is -2.13. The number of hydrogen-bond donors (Lipinski definition) is 1. The van der Waals surface area contributed by atoms with Crippen LogP contribution in [0.25, 0.3) is 22.4 Å². The average Bonchev–Trinajstić information content (AvgIpc) is 3.32. The summed E-state index contributed by atoms with van der Waals surface area (Å²) < 4.78 is 10.6. The molecular weight excluding hydrogens is 380 g/mol. The van der Waals surface area contributed by atoms with Crippen LogP contribution >= 0.6 is 0 Å². The molecule has 0 spiro atoms. The fourth-order valence-electron chi connectivity index (χ4n) is 3.08. The van der Waals surface area contributed by atoms with Gasteiger partial charge >= 0.3 is 5.97 Å². The Kier molecular flexibility index (Phi) is 5.57. The maximum Gasteiger partial charge on any atom is 0.338 e. The fraction of sp³-hybridized carbons (Fsp3) is 0.125. The van der Waals surface area contributed by atoms with Crippen LogP contribution in [-0.4, -0.2) is 23.5 Å². The van der Waals surface area contributed by atoms with Gasteiger partial charge in [-0.2, -0.15) is 0 Å². The van der Waals surface area contributed by atoms with E-state index in [2.05, 4.69) is 10.3 Å². The Balaban J connectivity index is 1.61. The Morgan fingerprint density at radius 1 is 1.03 bits per heavy atom. The molecule has 0 unspecified atom stereocenters. The molecule has 150 valence electrons. The van der Waals surface area contributed by atoms with Crippen molar-refractivity contribution in [2.45, 2.75) is 13.3 Å². The second-order valence-electron chi connectivity index (χ2n) is 6.72. The maximum absolute atomic E-state index is 13.0. The second-order valence-corrected chi connectivity index (χ2v) is 6.72. The summed E-state index contributed by atoms with van der Waals surface area (Å²) in [6, 6.07) is 19.4. The molecule has 2 aromatic carbocycles. The highest BCUT2D eigenvalue weighted by Gasteiger charge is 2.15. The molecule has 0 saturated heterocycles. The van der Waals surface area contributed by atoms with Gasteiger partial charge in [0.1, 0.15) is 5.69 Å². The molecule has 0 radical (unpaired) electrons. The van der Waals surface area contributed by atoms with Crippen molar-refractivity contribution in [1.82, 2.24) is 4.98 Å². The SMILES string of the molecule is CCCOC(=O)c1ccc(NC(=O)c2cc(-c3ccco3)nc3ccccc23)cc1. The van der Waals surface area contributed by atoms with E-state index in [4.69, 9.17) is 9.15 Å². The van der Waals surface area contributed by atoms with E-state index < -0.39 is 0 Å². The van der Waals surface area contributed by atoms with Crippen molar-refractivity contribution >= 4 is 28.5 Å². The van der Waals surface area contributed by atoms with Gasteiger partial charge in [-0.15, -0.1) is 0 Å². The zero-order valence-electron chi connectivity index (χ0n) is 16.4. The zero-order chi connectivity index (χ0) is 20.9. The molecule has 4 aromatic rings. The number of esters is 1. The lowest BCUT2D eigenvalue weighted by Gasteiger charge is -2.10. The molecule has 30 heavy (non-hydrogen) atoms. The summed E-state index contributed by atoms with van der Waals surface area (Å²) in [6.45, 7) is 2.32. The molecule has 6 heteroatoms. The molecule has 0 fully saturated rings. The first-order valence-corrected chi connectivity index (χ1v) is 9.68. The average molecular weight is 400 g/mol. The Bertz CT molecular complexity index is 1180. The molecule has 0 aliphatic carbocycles. The molecule has 1 amide bonds. The van der Waals surface area contributed by atoms with Crippen LogP contribution in [0, 0.1) is 0 Å². The van der Waals surface area contributed by atoms with Gasteiger partial charge in [0.25, 0.3) is 5.91 Å². The molecular formula is C24H20N2O4. The van der Waals surface area contributed by atoms with Crippen LogP contribution in [0.5, 0.6) is 0 Å². The van der Waals surface area contributed by atoms with E-state index in [9.17, 15) is 9.59 Å². The molecule has 4 rings (SSSR count). The first kappa shape index (κ1) is 19.4. The van der Waals surface area contributed by atoms with E-state index in [-0.39, 0.29) is 11.9 Å². The predicted octanol–water partition coefficient (Wildman–Crippen LogP) is 5.31. The molecule has 0 aliphatic rings. The molecule has 0 aliphatic heterocycles. The van der Waals surface area contributed by atoms with Gasteiger partial charge in [-0.05, 0) is 55.0 Å². The summed E-state index contributed by atoms with van der Waals surface area (Å²) in [7, 11) is 0. The molecule has 6 nitrogen and oxygen atoms in total. The number of fused-ring (bicyclic) bond motifs is 1. The van der Waals surface area contributed by atoms with Crippen molar-refractivity contribution in [2.75, 3.05) is 11.9 Å². The number of hydrogen-bond acceptors (Lipinski definition) is 5. The number of para-hydroxylation sites is 1. The van der Waals surface area contributed by atoms with Crippen LogP contribution in [0.2, 0.25) is 0 Å². The van der Waals surface area contributed by atoms with Crippen LogP contribution in [0.1, 0.15) is 34.1 Å². The van der Waals surface area contributed by atoms with Crippen molar-refractivity contribution in [2.24, 2.45) is 0 Å². The van der Waals surface area contributed by atoms with Crippen molar-refractivity contribution in [3.63, 3.8) is 0 Å². The van der Waals surface area contributed by atoms with Crippen molar-refractivity contribution < 1.29 is 18.7 Å². The molecule has 2 aromatic heterocycles. The molecule has 0 atom stereocenters. The number of ether oxygens (including phenoxy) is 1. The number of pyridine rings is 1. The van der Waals surface area contributed by atoms with E-state index >= 15 is 0 Å². The second kappa shape index (κ2) is 8.61. The number of aromatic nitrogens is 1. The monoisotopic (exact) mass is 400 g/mol. The standard InChI is InChI=1S/C24H20N2O4/c1-2-13-30-24(28)16-9-11-17(12-10-16)25-23(27)19-15-21(22-8-5-14-29-22)26-20-7-4-3-6-18(19)20/h3-12,14-15H,2,13H2,1H3,(H,25,27). The number of carbonyl (C=O) groups excluding carboxylic acids is 2. The van der Waals surface area contributed by atoms with Gasteiger partial charge in [-0.25, -0.2) is 9.78 Å². The lowest BCUT2D eigenvalue weighted by atomic mass is 10.1. The number of nitrogens with one attached hydrogen (secondary N) is 1. The van der Waals surface area contributed by atoms with Gasteiger partial charge < -0.3 is 14.5 Å². The minimum absolute atomic E-state index is 0.275. The third kappa shape index (κ3) is 4.07. The van der Waals surface area contributed by atoms with Crippen molar-refractivity contribution in [3.05, 3.63) is 84.1 Å². The summed E-state index contributed by atoms with van der Waals surface area (Å²) in [5.74, 6) is -0.0644. The molecule has 0 bridgehead atoms. The van der Waals surface area contributed by atoms with Gasteiger partial charge in [0.05, 0.1) is 29.5 Å². The van der Waals surface area contributed by atoms with Crippen LogP contribution in [0.15, 0.2) is 77.4 Å². The highest BCUT2D eigenvalue weighted by molar-refractivity contribution is 6.13. The zero-order valence-corrected chi connectivity index (χ0v) is 16.4. The predicted molar refractivity (Wildman–Crippen MR) is 114 cm³/mol. The highest BCUT2D eigenvalue weighted by atomic mass is 16.5. The fourth-order valence-corrected chi connectivity index (χ4v) is 3.08. The number of nitrogens with zero attached hydrogens (tertiary/aromatic N) is 1. The topological polar surface area (TPSA) is 81.4 Å². The quantitative estimate of drug-likeness (QED) is 0.443. The number of furan rings is 1. The number of amides is 1. The third-order valence-corrected chi connectivity index (χ3v) is 4.55. The van der Waals surface area contributed by atoms with E-state index in [0.29, 0.717) is 40.4 Å². The van der Waals surface area contributed by atoms with Crippen molar-refractivity contribution in [1.29, 1.82) is 0 Å². The number of benzene rings is 2. The largest absolute Gasteiger partial charge is 0.463 e. The van der Waals surface area contributed by atoms with E-state index in [1.54, 1.807) is 48.7 Å². The van der Waals surface area contributed by atoms with Gasteiger partial charge in [0.15, 0.2) is 5.76 Å². The maximum atomic E-state index is 13.0. The van der Waals surface area contributed by atoms with Gasteiger partial charge in [-0.1, -0.05) is 25.1 Å². The third-order valence-electron chi connectivity index (χ3n) is 4.55.